The fourth-order valence-corrected chi connectivity index (χ4v) is 4.83. The van der Waals surface area contributed by atoms with E-state index in [1.165, 1.54) is 6.07 Å². The Hall–Kier alpha value is -2.12. The minimum Gasteiger partial charge on any atom is -0.370 e. The zero-order chi connectivity index (χ0) is 20.5. The van der Waals surface area contributed by atoms with Crippen molar-refractivity contribution in [3.05, 3.63) is 36.0 Å². The number of benzene rings is 1. The number of likely N-dealkylation sites (tertiary alicyclic amines) is 1. The van der Waals surface area contributed by atoms with E-state index in [2.05, 4.69) is 21.7 Å². The van der Waals surface area contributed by atoms with Gasteiger partial charge in [0.15, 0.2) is 0 Å². The van der Waals surface area contributed by atoms with Gasteiger partial charge in [-0.3, -0.25) is 14.7 Å². The van der Waals surface area contributed by atoms with Gasteiger partial charge >= 0.3 is 0 Å². The van der Waals surface area contributed by atoms with Crippen molar-refractivity contribution in [1.29, 1.82) is 0 Å². The molecule has 0 aliphatic carbocycles. The topological polar surface area (TPSA) is 62.5 Å². The van der Waals surface area contributed by atoms with E-state index in [0.717, 1.165) is 43.7 Å². The lowest BCUT2D eigenvalue weighted by Crippen LogP contribution is -2.57. The van der Waals surface area contributed by atoms with Gasteiger partial charge in [-0.15, -0.1) is 0 Å². The molecule has 156 valence electrons. The van der Waals surface area contributed by atoms with E-state index in [9.17, 15) is 13.6 Å². The highest BCUT2D eigenvalue weighted by atomic mass is 19.3. The van der Waals surface area contributed by atoms with Crippen LogP contribution in [-0.2, 0) is 4.79 Å². The maximum atomic E-state index is 13.4. The number of piperidine rings is 1. The number of rotatable bonds is 6. The summed E-state index contributed by atoms with van der Waals surface area (Å²) in [7, 11) is 0. The maximum absolute atomic E-state index is 13.4. The van der Waals surface area contributed by atoms with E-state index in [1.807, 2.05) is 6.07 Å². The molecular weight excluding hydrogens is 374 g/mol. The van der Waals surface area contributed by atoms with Crippen LogP contribution in [0.15, 0.2) is 30.5 Å². The van der Waals surface area contributed by atoms with Crippen molar-refractivity contribution in [3.8, 4) is 0 Å². The van der Waals surface area contributed by atoms with Gasteiger partial charge in [0, 0.05) is 61.5 Å². The van der Waals surface area contributed by atoms with Crippen LogP contribution in [0.25, 0.3) is 10.9 Å². The quantitative estimate of drug-likeness (QED) is 0.804. The molecule has 2 atom stereocenters. The number of nitrogens with two attached hydrogens (primary N) is 1. The summed E-state index contributed by atoms with van der Waals surface area (Å²) in [6, 6.07) is 7.11. The molecule has 0 saturated carbocycles. The molecule has 0 amide bonds. The summed E-state index contributed by atoms with van der Waals surface area (Å²) in [6.45, 7) is 5.88. The van der Waals surface area contributed by atoms with Crippen LogP contribution in [0.2, 0.25) is 0 Å². The van der Waals surface area contributed by atoms with Crippen LogP contribution < -0.4 is 10.6 Å². The lowest BCUT2D eigenvalue weighted by atomic mass is 9.86. The zero-order valence-corrected chi connectivity index (χ0v) is 16.7. The third kappa shape index (κ3) is 4.41. The van der Waals surface area contributed by atoms with E-state index in [-0.39, 0.29) is 23.3 Å². The first-order chi connectivity index (χ1) is 13.9. The Morgan fingerprint density at radius 1 is 1.24 bits per heavy atom. The first kappa shape index (κ1) is 20.2. The van der Waals surface area contributed by atoms with Crippen molar-refractivity contribution in [2.45, 2.75) is 32.2 Å². The van der Waals surface area contributed by atoms with E-state index >= 15 is 0 Å². The van der Waals surface area contributed by atoms with Gasteiger partial charge in [-0.25, -0.2) is 8.78 Å². The SMILES string of the molecule is C[C@H]1C[C@@H](CC(=O)CN2CC(N)C2)CN(c2ccc(C(F)F)c3ncccc23)C1. The number of nitrogens with zero attached hydrogens (tertiary/aromatic N) is 3. The molecule has 2 fully saturated rings. The summed E-state index contributed by atoms with van der Waals surface area (Å²) >= 11 is 0. The molecule has 7 heteroatoms. The summed E-state index contributed by atoms with van der Waals surface area (Å²) in [5, 5.41) is 0.749. The van der Waals surface area contributed by atoms with Gasteiger partial charge in [-0.1, -0.05) is 6.92 Å². The largest absolute Gasteiger partial charge is 0.370 e. The molecule has 5 nitrogen and oxygen atoms in total. The van der Waals surface area contributed by atoms with Crippen LogP contribution >= 0.6 is 0 Å². The Bertz CT molecular complexity index is 884. The summed E-state index contributed by atoms with van der Waals surface area (Å²) in [6.07, 6.45) is 0.562. The molecule has 2 N–H and O–H groups in total. The average Bonchev–Trinajstić information content (AvgIpc) is 2.65. The maximum Gasteiger partial charge on any atom is 0.265 e. The third-order valence-corrected chi connectivity index (χ3v) is 6.00. The molecule has 0 unspecified atom stereocenters. The molecule has 29 heavy (non-hydrogen) atoms. The van der Waals surface area contributed by atoms with Gasteiger partial charge in [0.25, 0.3) is 6.43 Å². The third-order valence-electron chi connectivity index (χ3n) is 6.00. The van der Waals surface area contributed by atoms with E-state index in [1.54, 1.807) is 18.3 Å². The number of ketones is 1. The number of alkyl halides is 2. The number of Topliss-reactive ketones (excluding diaryl/α,β-unsaturated/α-hetero) is 1. The number of fused-ring (bicyclic) bond motifs is 1. The van der Waals surface area contributed by atoms with Crippen molar-refractivity contribution in [2.75, 3.05) is 37.6 Å². The first-order valence-corrected chi connectivity index (χ1v) is 10.3. The van der Waals surface area contributed by atoms with Gasteiger partial charge in [0.2, 0.25) is 0 Å². The van der Waals surface area contributed by atoms with E-state index in [0.29, 0.717) is 24.4 Å². The number of hydrogen-bond acceptors (Lipinski definition) is 5. The van der Waals surface area contributed by atoms with Crippen LogP contribution in [0.1, 0.15) is 31.8 Å². The molecule has 2 aliphatic rings. The Balaban J connectivity index is 1.51. The van der Waals surface area contributed by atoms with Crippen molar-refractivity contribution in [1.82, 2.24) is 9.88 Å². The van der Waals surface area contributed by atoms with Crippen LogP contribution in [-0.4, -0.2) is 54.4 Å². The Kier molecular flexibility index (Phi) is 5.79. The fraction of sp³-hybridized carbons (Fsp3) is 0.545. The van der Waals surface area contributed by atoms with Gasteiger partial charge in [-0.2, -0.15) is 0 Å². The highest BCUT2D eigenvalue weighted by Gasteiger charge is 2.30. The average molecular weight is 402 g/mol. The van der Waals surface area contributed by atoms with Crippen molar-refractivity contribution < 1.29 is 13.6 Å². The molecular formula is C22H28F2N4O. The van der Waals surface area contributed by atoms with Crippen LogP contribution in [0.4, 0.5) is 14.5 Å². The number of aromatic nitrogens is 1. The zero-order valence-electron chi connectivity index (χ0n) is 16.7. The first-order valence-electron chi connectivity index (χ1n) is 10.3. The standard InChI is InChI=1S/C22H28F2N4O/c1-14-7-15(8-17(29)13-27-11-16(25)12-27)10-28(9-14)20-5-4-19(22(23)24)21-18(20)3-2-6-26-21/h2-6,14-16,22H,7-13,25H2,1H3/t14-,15-/m0/s1. The second-order valence-electron chi connectivity index (χ2n) is 8.68. The highest BCUT2D eigenvalue weighted by molar-refractivity contribution is 5.94. The lowest BCUT2D eigenvalue weighted by Gasteiger charge is -2.39. The van der Waals surface area contributed by atoms with Gasteiger partial charge in [-0.05, 0) is 42.5 Å². The highest BCUT2D eigenvalue weighted by Crippen LogP contribution is 2.36. The summed E-state index contributed by atoms with van der Waals surface area (Å²) in [4.78, 5) is 21.1. The summed E-state index contributed by atoms with van der Waals surface area (Å²) in [5.41, 5.74) is 7.05. The fourth-order valence-electron chi connectivity index (χ4n) is 4.83. The van der Waals surface area contributed by atoms with Crippen LogP contribution in [0.5, 0.6) is 0 Å². The second kappa shape index (κ2) is 8.32. The molecule has 2 aliphatic heterocycles. The molecule has 0 spiro atoms. The normalized spacial score (nSPS) is 23.6. The van der Waals surface area contributed by atoms with Gasteiger partial charge in [0.05, 0.1) is 12.1 Å². The number of carbonyl (C=O) groups is 1. The second-order valence-corrected chi connectivity index (χ2v) is 8.68. The predicted octanol–water partition coefficient (Wildman–Crippen LogP) is 3.24. The van der Waals surface area contributed by atoms with Crippen molar-refractivity contribution >= 4 is 22.4 Å². The number of halogens is 2. The summed E-state index contributed by atoms with van der Waals surface area (Å²) in [5.74, 6) is 0.957. The van der Waals surface area contributed by atoms with Crippen LogP contribution in [0, 0.1) is 11.8 Å². The number of carbonyl (C=O) groups excluding carboxylic acids is 1. The molecule has 4 rings (SSSR count). The number of anilines is 1. The number of pyridine rings is 1. The molecule has 0 bridgehead atoms. The predicted molar refractivity (Wildman–Crippen MR) is 110 cm³/mol. The molecule has 0 radical (unpaired) electrons. The molecule has 3 heterocycles. The Morgan fingerprint density at radius 2 is 2.03 bits per heavy atom. The minimum atomic E-state index is -2.55. The number of hydrogen-bond donors (Lipinski definition) is 1. The van der Waals surface area contributed by atoms with Gasteiger partial charge in [0.1, 0.15) is 5.78 Å². The van der Waals surface area contributed by atoms with Crippen molar-refractivity contribution in [3.63, 3.8) is 0 Å². The Labute approximate surface area is 169 Å². The summed E-state index contributed by atoms with van der Waals surface area (Å²) < 4.78 is 26.8. The molecule has 1 aromatic heterocycles. The molecule has 2 aromatic rings. The minimum absolute atomic E-state index is 0.0334. The van der Waals surface area contributed by atoms with Crippen LogP contribution in [0.3, 0.4) is 0 Å². The lowest BCUT2D eigenvalue weighted by molar-refractivity contribution is -0.122. The van der Waals surface area contributed by atoms with E-state index in [4.69, 9.17) is 5.73 Å². The smallest absolute Gasteiger partial charge is 0.265 e. The Morgan fingerprint density at radius 3 is 2.76 bits per heavy atom. The van der Waals surface area contributed by atoms with Gasteiger partial charge < -0.3 is 10.6 Å². The van der Waals surface area contributed by atoms with E-state index < -0.39 is 6.43 Å². The monoisotopic (exact) mass is 402 g/mol. The van der Waals surface area contributed by atoms with Crippen molar-refractivity contribution in [2.24, 2.45) is 17.6 Å². The molecule has 1 aromatic carbocycles. The molecule has 2 saturated heterocycles.